The number of benzene rings is 1. The molecule has 0 radical (unpaired) electrons. The Labute approximate surface area is 206 Å². The molecule has 2 heterocycles. The number of anilines is 2. The summed E-state index contributed by atoms with van der Waals surface area (Å²) in [5.41, 5.74) is 1.47. The highest BCUT2D eigenvalue weighted by atomic mass is 32.2. The Bertz CT molecular complexity index is 1230. The predicted octanol–water partition coefficient (Wildman–Crippen LogP) is 3.82. The molecule has 0 fully saturated rings. The molecule has 0 amide bonds. The van der Waals surface area contributed by atoms with Crippen molar-refractivity contribution in [1.82, 2.24) is 19.0 Å². The maximum atomic E-state index is 13.0. The van der Waals surface area contributed by atoms with Gasteiger partial charge in [0.05, 0.1) is 0 Å². The van der Waals surface area contributed by atoms with Gasteiger partial charge in [0.2, 0.25) is 0 Å². The van der Waals surface area contributed by atoms with Crippen molar-refractivity contribution < 1.29 is 18.3 Å². The first-order valence-electron chi connectivity index (χ1n) is 11.6. The number of hydrogen-bond donors (Lipinski definition) is 3. The van der Waals surface area contributed by atoms with Crippen molar-refractivity contribution in [2.75, 3.05) is 18.4 Å². The van der Waals surface area contributed by atoms with Gasteiger partial charge in [0.1, 0.15) is 11.9 Å². The first-order chi connectivity index (χ1) is 16.5. The summed E-state index contributed by atoms with van der Waals surface area (Å²) in [6, 6.07) is 9.66. The first-order valence-corrected chi connectivity index (χ1v) is 13.0. The Balaban J connectivity index is 1.73. The standard InChI is InChI=1S/C25H33N5O4S/c1-17(2)15-30(16-18(3)4)35(33,34)29-23(25(31)32)13-19-5-7-21(8-6-19)28-24-22-10-11-26-14-20(22)9-12-27-24/h5-12,14,17-18,23,29H,13,15-16H2,1-4H3,(H,27,28)(H,31,32). The number of hydrogen-bond acceptors (Lipinski definition) is 6. The normalized spacial score (nSPS) is 13.0. The van der Waals surface area contributed by atoms with Crippen molar-refractivity contribution in [2.24, 2.45) is 11.8 Å². The minimum absolute atomic E-state index is 0.0181. The molecule has 3 rings (SSSR count). The van der Waals surface area contributed by atoms with Crippen LogP contribution in [0.4, 0.5) is 11.5 Å². The van der Waals surface area contributed by atoms with E-state index in [1.165, 1.54) is 4.31 Å². The second-order valence-corrected chi connectivity index (χ2v) is 11.1. The fourth-order valence-corrected chi connectivity index (χ4v) is 5.41. The summed E-state index contributed by atoms with van der Waals surface area (Å²) in [7, 11) is -3.97. The summed E-state index contributed by atoms with van der Waals surface area (Å²) in [6.07, 6.45) is 5.19. The maximum Gasteiger partial charge on any atom is 0.322 e. The number of rotatable bonds is 12. The van der Waals surface area contributed by atoms with Crippen molar-refractivity contribution in [3.8, 4) is 0 Å². The van der Waals surface area contributed by atoms with Crippen LogP contribution in [0.5, 0.6) is 0 Å². The molecule has 1 atom stereocenters. The molecule has 0 aliphatic carbocycles. The summed E-state index contributed by atoms with van der Waals surface area (Å²) in [5.74, 6) is -0.315. The largest absolute Gasteiger partial charge is 0.480 e. The quantitative estimate of drug-likeness (QED) is 0.346. The minimum atomic E-state index is -3.97. The van der Waals surface area contributed by atoms with E-state index in [-0.39, 0.29) is 18.3 Å². The van der Waals surface area contributed by atoms with Crippen LogP contribution in [0.2, 0.25) is 0 Å². The van der Waals surface area contributed by atoms with Crippen LogP contribution in [0, 0.1) is 11.8 Å². The van der Waals surface area contributed by atoms with Gasteiger partial charge < -0.3 is 10.4 Å². The number of aliphatic carboxylic acids is 1. The third kappa shape index (κ3) is 7.45. The van der Waals surface area contributed by atoms with Crippen LogP contribution >= 0.6 is 0 Å². The van der Waals surface area contributed by atoms with Crippen molar-refractivity contribution in [1.29, 1.82) is 0 Å². The molecule has 0 aliphatic heterocycles. The van der Waals surface area contributed by atoms with Gasteiger partial charge in [-0.15, -0.1) is 0 Å². The molecule has 0 saturated heterocycles. The molecular formula is C25H33N5O4S. The van der Waals surface area contributed by atoms with Crippen LogP contribution < -0.4 is 10.0 Å². The third-order valence-corrected chi connectivity index (χ3v) is 6.85. The summed E-state index contributed by atoms with van der Waals surface area (Å²) in [5, 5.41) is 14.9. The molecule has 188 valence electrons. The van der Waals surface area contributed by atoms with Crippen molar-refractivity contribution in [3.63, 3.8) is 0 Å². The van der Waals surface area contributed by atoms with Crippen LogP contribution in [0.25, 0.3) is 10.8 Å². The number of fused-ring (bicyclic) bond motifs is 1. The smallest absolute Gasteiger partial charge is 0.322 e. The fourth-order valence-electron chi connectivity index (χ4n) is 3.73. The number of carbonyl (C=O) groups is 1. The van der Waals surface area contributed by atoms with E-state index in [0.717, 1.165) is 16.5 Å². The Hall–Kier alpha value is -3.08. The molecule has 2 aromatic heterocycles. The SMILES string of the molecule is CC(C)CN(CC(C)C)S(=O)(=O)NC(Cc1ccc(Nc2nccc3cnccc23)cc1)C(=O)O. The molecule has 1 aromatic carbocycles. The van der Waals surface area contributed by atoms with Gasteiger partial charge in [0, 0.05) is 48.1 Å². The van der Waals surface area contributed by atoms with E-state index in [2.05, 4.69) is 20.0 Å². The molecular weight excluding hydrogens is 466 g/mol. The van der Waals surface area contributed by atoms with Gasteiger partial charge in [0.25, 0.3) is 10.2 Å². The van der Waals surface area contributed by atoms with Gasteiger partial charge in [-0.3, -0.25) is 9.78 Å². The van der Waals surface area contributed by atoms with E-state index < -0.39 is 22.2 Å². The lowest BCUT2D eigenvalue weighted by molar-refractivity contribution is -0.138. The van der Waals surface area contributed by atoms with Crippen LogP contribution in [0.1, 0.15) is 33.3 Å². The highest BCUT2D eigenvalue weighted by molar-refractivity contribution is 7.87. The monoisotopic (exact) mass is 499 g/mol. The molecule has 3 N–H and O–H groups in total. The third-order valence-electron chi connectivity index (χ3n) is 5.29. The Morgan fingerprint density at radius 3 is 2.26 bits per heavy atom. The van der Waals surface area contributed by atoms with Gasteiger partial charge in [0.15, 0.2) is 0 Å². The Kier molecular flexibility index (Phi) is 8.76. The maximum absolute atomic E-state index is 13.0. The molecule has 10 heteroatoms. The van der Waals surface area contributed by atoms with Crippen LogP contribution in [0.3, 0.4) is 0 Å². The second kappa shape index (κ2) is 11.6. The highest BCUT2D eigenvalue weighted by Crippen LogP contribution is 2.24. The number of aromatic nitrogens is 2. The number of nitrogens with zero attached hydrogens (tertiary/aromatic N) is 3. The van der Waals surface area contributed by atoms with Crippen molar-refractivity contribution in [3.05, 3.63) is 60.6 Å². The van der Waals surface area contributed by atoms with Crippen molar-refractivity contribution >= 4 is 38.5 Å². The van der Waals surface area contributed by atoms with Gasteiger partial charge in [-0.25, -0.2) is 4.98 Å². The summed E-state index contributed by atoms with van der Waals surface area (Å²) >= 11 is 0. The van der Waals surface area contributed by atoms with Crippen LogP contribution in [0.15, 0.2) is 55.0 Å². The van der Waals surface area contributed by atoms with Gasteiger partial charge in [-0.1, -0.05) is 39.8 Å². The summed E-state index contributed by atoms with van der Waals surface area (Å²) in [4.78, 5) is 20.4. The minimum Gasteiger partial charge on any atom is -0.480 e. The van der Waals surface area contributed by atoms with E-state index in [1.807, 2.05) is 52.0 Å². The van der Waals surface area contributed by atoms with E-state index in [0.29, 0.717) is 24.5 Å². The van der Waals surface area contributed by atoms with Gasteiger partial charge in [-0.05, 0) is 48.1 Å². The molecule has 9 nitrogen and oxygen atoms in total. The second-order valence-electron chi connectivity index (χ2n) is 9.40. The number of pyridine rings is 2. The average Bonchev–Trinajstić information content (AvgIpc) is 2.79. The molecule has 0 bridgehead atoms. The van der Waals surface area contributed by atoms with Crippen LogP contribution in [-0.2, 0) is 21.4 Å². The van der Waals surface area contributed by atoms with E-state index in [4.69, 9.17) is 0 Å². The zero-order valence-electron chi connectivity index (χ0n) is 20.5. The number of carboxylic acids is 1. The molecule has 0 aliphatic rings. The average molecular weight is 500 g/mol. The summed E-state index contributed by atoms with van der Waals surface area (Å²) in [6.45, 7) is 8.35. The van der Waals surface area contributed by atoms with E-state index in [9.17, 15) is 18.3 Å². The van der Waals surface area contributed by atoms with E-state index in [1.54, 1.807) is 30.7 Å². The first kappa shape index (κ1) is 26.5. The topological polar surface area (TPSA) is 125 Å². The zero-order chi connectivity index (χ0) is 25.6. The summed E-state index contributed by atoms with van der Waals surface area (Å²) < 4.78 is 29.7. The molecule has 3 aromatic rings. The molecule has 0 saturated carbocycles. The molecule has 35 heavy (non-hydrogen) atoms. The van der Waals surface area contributed by atoms with Crippen LogP contribution in [-0.4, -0.2) is 52.9 Å². The zero-order valence-corrected chi connectivity index (χ0v) is 21.3. The predicted molar refractivity (Wildman–Crippen MR) is 138 cm³/mol. The van der Waals surface area contributed by atoms with Gasteiger partial charge >= 0.3 is 5.97 Å². The lowest BCUT2D eigenvalue weighted by atomic mass is 10.1. The Morgan fingerprint density at radius 2 is 1.66 bits per heavy atom. The number of carboxylic acid groups (broad SMARTS) is 1. The van der Waals surface area contributed by atoms with Gasteiger partial charge in [-0.2, -0.15) is 17.4 Å². The van der Waals surface area contributed by atoms with E-state index >= 15 is 0 Å². The molecule has 0 spiro atoms. The van der Waals surface area contributed by atoms with Crippen molar-refractivity contribution in [2.45, 2.75) is 40.2 Å². The lowest BCUT2D eigenvalue weighted by Crippen LogP contribution is -2.50. The fraction of sp³-hybridized carbons (Fsp3) is 0.400. The highest BCUT2D eigenvalue weighted by Gasteiger charge is 2.30. The lowest BCUT2D eigenvalue weighted by Gasteiger charge is -2.27. The number of nitrogens with one attached hydrogen (secondary N) is 2. The Morgan fingerprint density at radius 1 is 1.00 bits per heavy atom. The molecule has 1 unspecified atom stereocenters.